The number of phenolic OH excluding ortho intramolecular Hbond substituents is 3. The molecule has 0 aliphatic heterocycles. The standard InChI is InChI=1S/C15H18N2O4/c18-12-5-10(6-13(19)14(12)20)15(21)17-16-7-11-4-8-1-2-9(11)3-8/h5-9,11,18-20H,1-4H2,(H,17,21)/b16-7-/t8-,9-,11+/m0/s1. The fourth-order valence-corrected chi connectivity index (χ4v) is 3.47. The molecule has 112 valence electrons. The van der Waals surface area contributed by atoms with Crippen LogP contribution in [-0.2, 0) is 0 Å². The summed E-state index contributed by atoms with van der Waals surface area (Å²) >= 11 is 0. The number of amides is 1. The van der Waals surface area contributed by atoms with Gasteiger partial charge in [0.2, 0.25) is 0 Å². The smallest absolute Gasteiger partial charge is 0.271 e. The Morgan fingerprint density at radius 2 is 1.90 bits per heavy atom. The van der Waals surface area contributed by atoms with Crippen LogP contribution in [-0.4, -0.2) is 27.4 Å². The molecule has 4 N–H and O–H groups in total. The molecule has 2 bridgehead atoms. The largest absolute Gasteiger partial charge is 0.504 e. The van der Waals surface area contributed by atoms with Gasteiger partial charge in [0.1, 0.15) is 0 Å². The number of phenols is 3. The van der Waals surface area contributed by atoms with Crippen molar-refractivity contribution in [3.05, 3.63) is 17.7 Å². The van der Waals surface area contributed by atoms with Crippen molar-refractivity contribution in [3.8, 4) is 17.2 Å². The highest BCUT2D eigenvalue weighted by Crippen LogP contribution is 2.47. The topological polar surface area (TPSA) is 102 Å². The van der Waals surface area contributed by atoms with Crippen molar-refractivity contribution in [2.75, 3.05) is 0 Å². The Kier molecular flexibility index (Phi) is 3.45. The molecule has 0 saturated heterocycles. The fraction of sp³-hybridized carbons (Fsp3) is 0.467. The van der Waals surface area contributed by atoms with Crippen molar-refractivity contribution in [1.29, 1.82) is 0 Å². The first-order valence-electron chi connectivity index (χ1n) is 7.13. The molecule has 3 rings (SSSR count). The molecule has 3 atom stereocenters. The van der Waals surface area contributed by atoms with Gasteiger partial charge in [-0.25, -0.2) is 5.43 Å². The lowest BCUT2D eigenvalue weighted by Gasteiger charge is -2.16. The molecule has 2 aliphatic rings. The van der Waals surface area contributed by atoms with E-state index in [1.165, 1.54) is 19.3 Å². The second-order valence-corrected chi connectivity index (χ2v) is 5.92. The van der Waals surface area contributed by atoms with Gasteiger partial charge in [-0.3, -0.25) is 4.79 Å². The first-order chi connectivity index (χ1) is 10.0. The van der Waals surface area contributed by atoms with E-state index in [-0.39, 0.29) is 5.56 Å². The Balaban J connectivity index is 1.61. The lowest BCUT2D eigenvalue weighted by atomic mass is 9.90. The summed E-state index contributed by atoms with van der Waals surface area (Å²) in [4.78, 5) is 11.9. The van der Waals surface area contributed by atoms with Crippen molar-refractivity contribution in [1.82, 2.24) is 5.43 Å². The molecule has 2 aliphatic carbocycles. The summed E-state index contributed by atoms with van der Waals surface area (Å²) in [5.41, 5.74) is 2.42. The summed E-state index contributed by atoms with van der Waals surface area (Å²) in [6.45, 7) is 0. The molecule has 21 heavy (non-hydrogen) atoms. The third-order valence-electron chi connectivity index (χ3n) is 4.56. The number of nitrogens with zero attached hydrogens (tertiary/aromatic N) is 1. The van der Waals surface area contributed by atoms with Gasteiger partial charge in [0, 0.05) is 11.8 Å². The lowest BCUT2D eigenvalue weighted by Crippen LogP contribution is -2.20. The van der Waals surface area contributed by atoms with Crippen LogP contribution in [0.5, 0.6) is 17.2 Å². The van der Waals surface area contributed by atoms with Gasteiger partial charge in [-0.1, -0.05) is 6.42 Å². The van der Waals surface area contributed by atoms with E-state index in [1.807, 2.05) is 0 Å². The minimum atomic E-state index is -0.642. The molecule has 1 amide bonds. The first-order valence-corrected chi connectivity index (χ1v) is 7.13. The minimum absolute atomic E-state index is 0.0351. The van der Waals surface area contributed by atoms with Gasteiger partial charge in [-0.2, -0.15) is 5.10 Å². The molecule has 0 heterocycles. The van der Waals surface area contributed by atoms with Crippen LogP contribution in [0.2, 0.25) is 0 Å². The number of nitrogens with one attached hydrogen (secondary N) is 1. The quantitative estimate of drug-likeness (QED) is 0.388. The number of hydrogen-bond acceptors (Lipinski definition) is 5. The van der Waals surface area contributed by atoms with Gasteiger partial charge < -0.3 is 15.3 Å². The van der Waals surface area contributed by atoms with E-state index < -0.39 is 23.2 Å². The van der Waals surface area contributed by atoms with Crippen molar-refractivity contribution in [2.24, 2.45) is 22.9 Å². The zero-order chi connectivity index (χ0) is 15.0. The predicted octanol–water partition coefficient (Wildman–Crippen LogP) is 1.96. The summed E-state index contributed by atoms with van der Waals surface area (Å²) in [5.74, 6) is -0.331. The summed E-state index contributed by atoms with van der Waals surface area (Å²) in [6, 6.07) is 2.16. The molecule has 6 heteroatoms. The van der Waals surface area contributed by atoms with E-state index in [9.17, 15) is 20.1 Å². The third kappa shape index (κ3) is 2.66. The maximum atomic E-state index is 11.9. The number of carbonyl (C=O) groups excluding carboxylic acids is 1. The Labute approximate surface area is 122 Å². The molecule has 2 fully saturated rings. The summed E-state index contributed by atoms with van der Waals surface area (Å²) < 4.78 is 0. The number of benzene rings is 1. The monoisotopic (exact) mass is 290 g/mol. The number of rotatable bonds is 3. The van der Waals surface area contributed by atoms with E-state index in [1.54, 1.807) is 6.21 Å². The molecule has 0 radical (unpaired) electrons. The zero-order valence-electron chi connectivity index (χ0n) is 11.5. The van der Waals surface area contributed by atoms with Gasteiger partial charge in [0.15, 0.2) is 17.2 Å². The van der Waals surface area contributed by atoms with Crippen molar-refractivity contribution in [2.45, 2.75) is 25.7 Å². The van der Waals surface area contributed by atoms with Crippen molar-refractivity contribution >= 4 is 12.1 Å². The highest BCUT2D eigenvalue weighted by molar-refractivity contribution is 5.95. The first kappa shape index (κ1) is 13.7. The van der Waals surface area contributed by atoms with E-state index in [0.29, 0.717) is 11.8 Å². The molecular weight excluding hydrogens is 272 g/mol. The number of aromatic hydroxyl groups is 3. The SMILES string of the molecule is O=C(N/N=C\[C@H]1C[C@H]2CC[C@H]1C2)c1cc(O)c(O)c(O)c1. The Morgan fingerprint density at radius 3 is 2.48 bits per heavy atom. The summed E-state index contributed by atoms with van der Waals surface area (Å²) in [7, 11) is 0. The number of hydrogen-bond donors (Lipinski definition) is 4. The normalized spacial score (nSPS) is 27.3. The van der Waals surface area contributed by atoms with Gasteiger partial charge in [0.25, 0.3) is 5.91 Å². The van der Waals surface area contributed by atoms with E-state index in [4.69, 9.17) is 0 Å². The maximum Gasteiger partial charge on any atom is 0.271 e. The van der Waals surface area contributed by atoms with E-state index >= 15 is 0 Å². The Hall–Kier alpha value is -2.24. The van der Waals surface area contributed by atoms with Crippen LogP contribution in [0.4, 0.5) is 0 Å². The van der Waals surface area contributed by atoms with Crippen LogP contribution in [0.1, 0.15) is 36.0 Å². The predicted molar refractivity (Wildman–Crippen MR) is 76.3 cm³/mol. The fourth-order valence-electron chi connectivity index (χ4n) is 3.47. The zero-order valence-corrected chi connectivity index (χ0v) is 11.5. The van der Waals surface area contributed by atoms with E-state index in [2.05, 4.69) is 10.5 Å². The highest BCUT2D eigenvalue weighted by atomic mass is 16.3. The van der Waals surface area contributed by atoms with Crippen LogP contribution in [0.15, 0.2) is 17.2 Å². The minimum Gasteiger partial charge on any atom is -0.504 e. The van der Waals surface area contributed by atoms with Crippen LogP contribution in [0.3, 0.4) is 0 Å². The summed E-state index contributed by atoms with van der Waals surface area (Å²) in [6.07, 6.45) is 6.76. The highest BCUT2D eigenvalue weighted by Gasteiger charge is 2.38. The van der Waals surface area contributed by atoms with E-state index in [0.717, 1.165) is 24.5 Å². The average Bonchev–Trinajstić information content (AvgIpc) is 3.06. The van der Waals surface area contributed by atoms with Gasteiger partial charge >= 0.3 is 0 Å². The van der Waals surface area contributed by atoms with Crippen LogP contribution in [0, 0.1) is 17.8 Å². The second-order valence-electron chi connectivity index (χ2n) is 5.92. The van der Waals surface area contributed by atoms with Gasteiger partial charge in [0.05, 0.1) is 0 Å². The number of fused-ring (bicyclic) bond motifs is 2. The second kappa shape index (κ2) is 5.27. The number of hydrazone groups is 1. The Bertz CT molecular complexity index is 576. The van der Waals surface area contributed by atoms with Crippen molar-refractivity contribution < 1.29 is 20.1 Å². The molecule has 1 aromatic carbocycles. The lowest BCUT2D eigenvalue weighted by molar-refractivity contribution is 0.0954. The molecule has 0 spiro atoms. The third-order valence-corrected chi connectivity index (χ3v) is 4.56. The average molecular weight is 290 g/mol. The van der Waals surface area contributed by atoms with Crippen LogP contribution < -0.4 is 5.43 Å². The van der Waals surface area contributed by atoms with Gasteiger partial charge in [-0.05, 0) is 49.1 Å². The Morgan fingerprint density at radius 1 is 1.19 bits per heavy atom. The van der Waals surface area contributed by atoms with Crippen molar-refractivity contribution in [3.63, 3.8) is 0 Å². The number of carbonyl (C=O) groups is 1. The molecular formula is C15H18N2O4. The molecule has 1 aromatic rings. The van der Waals surface area contributed by atoms with Gasteiger partial charge in [-0.15, -0.1) is 0 Å². The molecule has 6 nitrogen and oxygen atoms in total. The summed E-state index contributed by atoms with van der Waals surface area (Å²) in [5, 5.41) is 32.0. The molecule has 2 saturated carbocycles. The molecule has 0 unspecified atom stereocenters. The van der Waals surface area contributed by atoms with Crippen LogP contribution in [0.25, 0.3) is 0 Å². The molecule has 0 aromatic heterocycles. The maximum absolute atomic E-state index is 11.9. The van der Waals surface area contributed by atoms with Crippen LogP contribution >= 0.6 is 0 Å².